The van der Waals surface area contributed by atoms with Gasteiger partial charge in [0.2, 0.25) is 0 Å². The van der Waals surface area contributed by atoms with Crippen molar-refractivity contribution in [3.63, 3.8) is 0 Å². The molecular formula is C14H18OS. The highest BCUT2D eigenvalue weighted by Gasteiger charge is 2.23. The molecular weight excluding hydrogens is 216 g/mol. The van der Waals surface area contributed by atoms with Crippen LogP contribution in [-0.2, 0) is 11.2 Å². The van der Waals surface area contributed by atoms with Gasteiger partial charge in [0.25, 0.3) is 0 Å². The number of thioether (sulfide) groups is 1. The van der Waals surface area contributed by atoms with Crippen molar-refractivity contribution < 1.29 is 4.74 Å². The molecule has 1 aliphatic heterocycles. The zero-order valence-corrected chi connectivity index (χ0v) is 10.3. The summed E-state index contributed by atoms with van der Waals surface area (Å²) in [5.41, 5.74) is 1.50. The maximum atomic E-state index is 5.78. The van der Waals surface area contributed by atoms with Crippen molar-refractivity contribution in [2.24, 2.45) is 5.92 Å². The maximum Gasteiger partial charge on any atom is 0.0591 e. The van der Waals surface area contributed by atoms with Crippen LogP contribution in [0.25, 0.3) is 0 Å². The van der Waals surface area contributed by atoms with E-state index in [-0.39, 0.29) is 0 Å². The quantitative estimate of drug-likeness (QED) is 0.721. The largest absolute Gasteiger partial charge is 0.380 e. The topological polar surface area (TPSA) is 9.23 Å². The van der Waals surface area contributed by atoms with Crippen molar-refractivity contribution in [2.75, 3.05) is 13.2 Å². The smallest absolute Gasteiger partial charge is 0.0591 e. The van der Waals surface area contributed by atoms with Crippen molar-refractivity contribution in [3.8, 4) is 0 Å². The minimum atomic E-state index is 0.650. The summed E-state index contributed by atoms with van der Waals surface area (Å²) in [6.45, 7) is 1.89. The second kappa shape index (κ2) is 4.80. The Balaban J connectivity index is 1.41. The predicted octanol–water partition coefficient (Wildman–Crippen LogP) is 3.52. The lowest BCUT2D eigenvalue weighted by atomic mass is 10.1. The first-order valence-electron chi connectivity index (χ1n) is 6.24. The zero-order valence-electron chi connectivity index (χ0n) is 9.52. The Morgan fingerprint density at radius 2 is 2.12 bits per heavy atom. The van der Waals surface area contributed by atoms with Gasteiger partial charge in [-0.15, -0.1) is 11.8 Å². The van der Waals surface area contributed by atoms with Crippen LogP contribution in [0.15, 0.2) is 29.2 Å². The average Bonchev–Trinajstić information content (AvgIpc) is 3.03. The molecule has 1 unspecified atom stereocenters. The van der Waals surface area contributed by atoms with E-state index < -0.39 is 0 Å². The second-order valence-corrected chi connectivity index (χ2v) is 6.20. The van der Waals surface area contributed by atoms with Crippen LogP contribution in [0.4, 0.5) is 0 Å². The molecule has 1 heterocycles. The summed E-state index contributed by atoms with van der Waals surface area (Å²) in [6.07, 6.45) is 5.34. The maximum absolute atomic E-state index is 5.78. The highest BCUT2D eigenvalue weighted by atomic mass is 32.2. The molecule has 0 amide bonds. The molecule has 1 aromatic rings. The SMILES string of the molecule is c1ccc2c(c1)CC(COCCC1CC1)S2. The molecule has 86 valence electrons. The summed E-state index contributed by atoms with van der Waals surface area (Å²) in [5, 5.41) is 0.650. The first-order chi connectivity index (χ1) is 7.92. The number of rotatable bonds is 5. The molecule has 0 radical (unpaired) electrons. The molecule has 1 aromatic carbocycles. The Labute approximate surface area is 102 Å². The van der Waals surface area contributed by atoms with Crippen LogP contribution in [0.3, 0.4) is 0 Å². The second-order valence-electron chi connectivity index (χ2n) is 4.86. The molecule has 0 saturated heterocycles. The van der Waals surface area contributed by atoms with E-state index in [0.29, 0.717) is 5.25 Å². The minimum Gasteiger partial charge on any atom is -0.380 e. The molecule has 1 aliphatic carbocycles. The Kier molecular flexibility index (Phi) is 3.20. The molecule has 1 atom stereocenters. The molecule has 16 heavy (non-hydrogen) atoms. The van der Waals surface area contributed by atoms with E-state index in [9.17, 15) is 0 Å². The monoisotopic (exact) mass is 234 g/mol. The third kappa shape index (κ3) is 2.61. The molecule has 0 aromatic heterocycles. The Morgan fingerprint density at radius 1 is 1.25 bits per heavy atom. The molecule has 0 spiro atoms. The number of fused-ring (bicyclic) bond motifs is 1. The summed E-state index contributed by atoms with van der Waals surface area (Å²) in [5.74, 6) is 0.994. The van der Waals surface area contributed by atoms with Gasteiger partial charge in [-0.25, -0.2) is 0 Å². The van der Waals surface area contributed by atoms with Crippen LogP contribution < -0.4 is 0 Å². The Morgan fingerprint density at radius 3 is 2.94 bits per heavy atom. The fourth-order valence-electron chi connectivity index (χ4n) is 2.22. The van der Waals surface area contributed by atoms with Gasteiger partial charge in [-0.2, -0.15) is 0 Å². The lowest BCUT2D eigenvalue weighted by Gasteiger charge is -2.08. The van der Waals surface area contributed by atoms with Crippen molar-refractivity contribution in [1.82, 2.24) is 0 Å². The van der Waals surface area contributed by atoms with Crippen LogP contribution in [0.5, 0.6) is 0 Å². The summed E-state index contributed by atoms with van der Waals surface area (Å²) >= 11 is 1.99. The average molecular weight is 234 g/mol. The predicted molar refractivity (Wildman–Crippen MR) is 68.0 cm³/mol. The highest BCUT2D eigenvalue weighted by molar-refractivity contribution is 8.00. The molecule has 3 rings (SSSR count). The highest BCUT2D eigenvalue weighted by Crippen LogP contribution is 2.37. The van der Waals surface area contributed by atoms with E-state index in [2.05, 4.69) is 24.3 Å². The number of ether oxygens (including phenoxy) is 1. The van der Waals surface area contributed by atoms with Gasteiger partial charge in [0.1, 0.15) is 0 Å². The number of hydrogen-bond acceptors (Lipinski definition) is 2. The van der Waals surface area contributed by atoms with E-state index in [1.807, 2.05) is 11.8 Å². The summed E-state index contributed by atoms with van der Waals surface area (Å²) in [4.78, 5) is 1.46. The molecule has 1 nitrogen and oxygen atoms in total. The standard InChI is InChI=1S/C14H18OS/c1-2-4-14-12(3-1)9-13(16-14)10-15-8-7-11-5-6-11/h1-4,11,13H,5-10H2. The summed E-state index contributed by atoms with van der Waals surface area (Å²) < 4.78 is 5.78. The third-order valence-corrected chi connectivity index (χ3v) is 4.67. The fraction of sp³-hybridized carbons (Fsp3) is 0.571. The molecule has 1 saturated carbocycles. The zero-order chi connectivity index (χ0) is 10.8. The minimum absolute atomic E-state index is 0.650. The summed E-state index contributed by atoms with van der Waals surface area (Å²) in [6, 6.07) is 8.73. The number of hydrogen-bond donors (Lipinski definition) is 0. The van der Waals surface area contributed by atoms with Gasteiger partial charge in [-0.3, -0.25) is 0 Å². The van der Waals surface area contributed by atoms with E-state index in [1.165, 1.54) is 36.1 Å². The molecule has 0 N–H and O–H groups in total. The van der Waals surface area contributed by atoms with E-state index in [1.54, 1.807) is 0 Å². The molecule has 1 fully saturated rings. The van der Waals surface area contributed by atoms with Gasteiger partial charge in [-0.1, -0.05) is 31.0 Å². The fourth-order valence-corrected chi connectivity index (χ4v) is 3.46. The molecule has 2 aliphatic rings. The summed E-state index contributed by atoms with van der Waals surface area (Å²) in [7, 11) is 0. The van der Waals surface area contributed by atoms with E-state index in [4.69, 9.17) is 4.74 Å². The van der Waals surface area contributed by atoms with Crippen molar-refractivity contribution in [3.05, 3.63) is 29.8 Å². The Bertz CT molecular complexity index is 335. The normalized spacial score (nSPS) is 23.4. The lowest BCUT2D eigenvalue weighted by molar-refractivity contribution is 0.130. The van der Waals surface area contributed by atoms with Crippen LogP contribution >= 0.6 is 11.8 Å². The van der Waals surface area contributed by atoms with Gasteiger partial charge in [0, 0.05) is 16.8 Å². The van der Waals surface area contributed by atoms with Crippen LogP contribution in [0.1, 0.15) is 24.8 Å². The van der Waals surface area contributed by atoms with Gasteiger partial charge < -0.3 is 4.74 Å². The van der Waals surface area contributed by atoms with Gasteiger partial charge in [0.05, 0.1) is 6.61 Å². The van der Waals surface area contributed by atoms with Gasteiger partial charge >= 0.3 is 0 Å². The van der Waals surface area contributed by atoms with Gasteiger partial charge in [0.15, 0.2) is 0 Å². The van der Waals surface area contributed by atoms with E-state index >= 15 is 0 Å². The van der Waals surface area contributed by atoms with Crippen LogP contribution in [0, 0.1) is 5.92 Å². The van der Waals surface area contributed by atoms with Crippen molar-refractivity contribution in [1.29, 1.82) is 0 Å². The molecule has 2 heteroatoms. The number of benzene rings is 1. The van der Waals surface area contributed by atoms with Crippen molar-refractivity contribution >= 4 is 11.8 Å². The Hall–Kier alpha value is -0.470. The molecule has 0 bridgehead atoms. The third-order valence-electron chi connectivity index (χ3n) is 3.38. The van der Waals surface area contributed by atoms with Crippen molar-refractivity contribution in [2.45, 2.75) is 35.8 Å². The lowest BCUT2D eigenvalue weighted by Crippen LogP contribution is -2.11. The van der Waals surface area contributed by atoms with Gasteiger partial charge in [-0.05, 0) is 30.4 Å². The van der Waals surface area contributed by atoms with Crippen LogP contribution in [0.2, 0.25) is 0 Å². The first kappa shape index (κ1) is 10.7. The van der Waals surface area contributed by atoms with Crippen LogP contribution in [-0.4, -0.2) is 18.5 Å². The first-order valence-corrected chi connectivity index (χ1v) is 7.12. The van der Waals surface area contributed by atoms with E-state index in [0.717, 1.165) is 19.1 Å².